The number of carbonyl (C=O) groups excluding carboxylic acids is 1. The molecule has 0 aliphatic rings. The molecule has 2 rings (SSSR count). The van der Waals surface area contributed by atoms with Gasteiger partial charge in [-0.05, 0) is 23.6 Å². The summed E-state index contributed by atoms with van der Waals surface area (Å²) in [6.07, 6.45) is 0. The van der Waals surface area contributed by atoms with E-state index < -0.39 is 5.41 Å². The van der Waals surface area contributed by atoms with Crippen molar-refractivity contribution in [1.82, 2.24) is 0 Å². The van der Waals surface area contributed by atoms with E-state index in [-0.39, 0.29) is 11.2 Å². The fraction of sp³-hybridized carbons (Fsp3) is 0.364. The molecule has 24 heavy (non-hydrogen) atoms. The lowest BCUT2D eigenvalue weighted by Crippen LogP contribution is -2.44. The number of Topliss-reactive ketones (excluding diaryl/α,β-unsaturated/α-hetero) is 1. The number of ketones is 1. The maximum atomic E-state index is 12.1. The monoisotopic (exact) mass is 321 g/mol. The molecule has 0 aliphatic carbocycles. The third-order valence-corrected chi connectivity index (χ3v) is 5.52. The quantitative estimate of drug-likeness (QED) is 0.677. The van der Waals surface area contributed by atoms with Gasteiger partial charge >= 0.3 is 0 Å². The molecule has 0 heterocycles. The van der Waals surface area contributed by atoms with E-state index in [0.29, 0.717) is 0 Å². The third kappa shape index (κ3) is 3.19. The van der Waals surface area contributed by atoms with Gasteiger partial charge in [-0.2, -0.15) is 0 Å². The fourth-order valence-corrected chi connectivity index (χ4v) is 2.96. The van der Waals surface area contributed by atoms with Crippen molar-refractivity contribution in [3.05, 3.63) is 60.2 Å². The first kappa shape index (κ1) is 18.1. The molecule has 0 radical (unpaired) electrons. The molecular weight excluding hydrogens is 294 g/mol. The standard InChI is InChI=1S/C22H27NO/c1-16(24)21(2,3)22(4,5)20(23-6)19-14-12-18(13-15-19)17-10-8-7-9-11-17/h7-15H,1-6H3. The zero-order valence-corrected chi connectivity index (χ0v) is 15.6. The highest BCUT2D eigenvalue weighted by molar-refractivity contribution is 6.07. The number of hydrogen-bond acceptors (Lipinski definition) is 2. The molecule has 0 atom stereocenters. The maximum Gasteiger partial charge on any atom is 0.136 e. The minimum Gasteiger partial charge on any atom is -0.299 e. The first-order chi connectivity index (χ1) is 11.2. The molecule has 2 aromatic carbocycles. The van der Waals surface area contributed by atoms with Crippen LogP contribution in [0.15, 0.2) is 59.6 Å². The summed E-state index contributed by atoms with van der Waals surface area (Å²) in [5.74, 6) is 0.176. The lowest BCUT2D eigenvalue weighted by Gasteiger charge is -2.41. The van der Waals surface area contributed by atoms with Crippen LogP contribution in [0.2, 0.25) is 0 Å². The highest BCUT2D eigenvalue weighted by Crippen LogP contribution is 2.42. The minimum atomic E-state index is -0.486. The Morgan fingerprint density at radius 2 is 1.29 bits per heavy atom. The third-order valence-electron chi connectivity index (χ3n) is 5.52. The lowest BCUT2D eigenvalue weighted by molar-refractivity contribution is -0.128. The smallest absolute Gasteiger partial charge is 0.136 e. The number of hydrogen-bond donors (Lipinski definition) is 0. The van der Waals surface area contributed by atoms with Crippen molar-refractivity contribution in [3.63, 3.8) is 0 Å². The summed E-state index contributed by atoms with van der Waals surface area (Å²) >= 11 is 0. The SMILES string of the molecule is CN=C(c1ccc(-c2ccccc2)cc1)C(C)(C)C(C)(C)C(C)=O. The van der Waals surface area contributed by atoms with E-state index in [1.165, 1.54) is 11.1 Å². The van der Waals surface area contributed by atoms with Crippen LogP contribution in [-0.2, 0) is 4.79 Å². The average molecular weight is 321 g/mol. The fourth-order valence-electron chi connectivity index (χ4n) is 2.96. The van der Waals surface area contributed by atoms with E-state index in [0.717, 1.165) is 11.3 Å². The maximum absolute atomic E-state index is 12.1. The van der Waals surface area contributed by atoms with Crippen LogP contribution in [0.25, 0.3) is 11.1 Å². The molecule has 0 saturated carbocycles. The van der Waals surface area contributed by atoms with E-state index in [1.54, 1.807) is 14.0 Å². The summed E-state index contributed by atoms with van der Waals surface area (Å²) in [7, 11) is 1.80. The van der Waals surface area contributed by atoms with Gasteiger partial charge in [-0.3, -0.25) is 9.79 Å². The predicted molar refractivity (Wildman–Crippen MR) is 103 cm³/mol. The number of aliphatic imine (C=N–C) groups is 1. The highest BCUT2D eigenvalue weighted by atomic mass is 16.1. The van der Waals surface area contributed by atoms with Gasteiger partial charge in [0.2, 0.25) is 0 Å². The Morgan fingerprint density at radius 1 is 0.792 bits per heavy atom. The molecule has 126 valence electrons. The van der Waals surface area contributed by atoms with Gasteiger partial charge in [0, 0.05) is 23.6 Å². The second-order valence-electron chi connectivity index (χ2n) is 7.32. The van der Waals surface area contributed by atoms with Crippen LogP contribution in [0, 0.1) is 10.8 Å². The predicted octanol–water partition coefficient (Wildman–Crippen LogP) is 5.41. The van der Waals surface area contributed by atoms with E-state index >= 15 is 0 Å². The Bertz CT molecular complexity index is 737. The summed E-state index contributed by atoms with van der Waals surface area (Å²) < 4.78 is 0. The van der Waals surface area contributed by atoms with Crippen molar-refractivity contribution in [2.45, 2.75) is 34.6 Å². The Labute approximate surface area is 145 Å². The molecule has 0 saturated heterocycles. The van der Waals surface area contributed by atoms with E-state index in [1.807, 2.05) is 32.0 Å². The molecular formula is C22H27NO. The molecule has 2 heteroatoms. The van der Waals surface area contributed by atoms with Gasteiger partial charge in [0.05, 0.1) is 0 Å². The van der Waals surface area contributed by atoms with E-state index in [9.17, 15) is 4.79 Å². The van der Waals surface area contributed by atoms with Crippen LogP contribution in [-0.4, -0.2) is 18.5 Å². The van der Waals surface area contributed by atoms with E-state index in [4.69, 9.17) is 0 Å². The minimum absolute atomic E-state index is 0.176. The number of carbonyl (C=O) groups is 1. The summed E-state index contributed by atoms with van der Waals surface area (Å²) in [6.45, 7) is 9.86. The van der Waals surface area contributed by atoms with Gasteiger partial charge < -0.3 is 0 Å². The summed E-state index contributed by atoms with van der Waals surface area (Å²) in [5, 5.41) is 0. The van der Waals surface area contributed by atoms with Gasteiger partial charge in [0.1, 0.15) is 5.78 Å². The Balaban J connectivity index is 2.41. The number of nitrogens with zero attached hydrogens (tertiary/aromatic N) is 1. The van der Waals surface area contributed by atoms with Gasteiger partial charge in [0.25, 0.3) is 0 Å². The molecule has 0 amide bonds. The molecule has 0 unspecified atom stereocenters. The topological polar surface area (TPSA) is 29.4 Å². The molecule has 0 N–H and O–H groups in total. The highest BCUT2D eigenvalue weighted by Gasteiger charge is 2.44. The van der Waals surface area contributed by atoms with Gasteiger partial charge in [-0.1, -0.05) is 82.3 Å². The number of benzene rings is 2. The van der Waals surface area contributed by atoms with Crippen LogP contribution in [0.3, 0.4) is 0 Å². The average Bonchev–Trinajstić information content (AvgIpc) is 2.56. The zero-order chi connectivity index (χ0) is 18.0. The molecule has 0 spiro atoms. The van der Waals surface area contributed by atoms with Crippen molar-refractivity contribution in [2.24, 2.45) is 15.8 Å². The first-order valence-electron chi connectivity index (χ1n) is 8.36. The van der Waals surface area contributed by atoms with Crippen LogP contribution in [0.1, 0.15) is 40.2 Å². The van der Waals surface area contributed by atoms with Gasteiger partial charge in [-0.25, -0.2) is 0 Å². The Hall–Kier alpha value is -2.22. The van der Waals surface area contributed by atoms with Crippen molar-refractivity contribution >= 4 is 11.5 Å². The zero-order valence-electron chi connectivity index (χ0n) is 15.6. The van der Waals surface area contributed by atoms with Crippen LogP contribution >= 0.6 is 0 Å². The summed E-state index contributed by atoms with van der Waals surface area (Å²) in [6, 6.07) is 18.7. The molecule has 2 aromatic rings. The van der Waals surface area contributed by atoms with Crippen molar-refractivity contribution < 1.29 is 4.79 Å². The number of rotatable bonds is 5. The van der Waals surface area contributed by atoms with Crippen molar-refractivity contribution in [3.8, 4) is 11.1 Å². The van der Waals surface area contributed by atoms with Crippen LogP contribution in [0.4, 0.5) is 0 Å². The normalized spacial score (nSPS) is 13.0. The molecule has 0 aliphatic heterocycles. The lowest BCUT2D eigenvalue weighted by atomic mass is 9.62. The summed E-state index contributed by atoms with van der Waals surface area (Å²) in [5.41, 5.74) is 3.56. The first-order valence-corrected chi connectivity index (χ1v) is 8.36. The van der Waals surface area contributed by atoms with E-state index in [2.05, 4.69) is 55.2 Å². The largest absolute Gasteiger partial charge is 0.299 e. The molecule has 2 nitrogen and oxygen atoms in total. The second kappa shape index (κ2) is 6.72. The van der Waals surface area contributed by atoms with Crippen molar-refractivity contribution in [1.29, 1.82) is 0 Å². The van der Waals surface area contributed by atoms with Gasteiger partial charge in [0.15, 0.2) is 0 Å². The summed E-state index contributed by atoms with van der Waals surface area (Å²) in [4.78, 5) is 16.7. The van der Waals surface area contributed by atoms with Gasteiger partial charge in [-0.15, -0.1) is 0 Å². The molecule has 0 bridgehead atoms. The second-order valence-corrected chi connectivity index (χ2v) is 7.32. The van der Waals surface area contributed by atoms with Crippen molar-refractivity contribution in [2.75, 3.05) is 7.05 Å². The Kier molecular flexibility index (Phi) is 5.08. The molecule has 0 fully saturated rings. The Morgan fingerprint density at radius 3 is 1.75 bits per heavy atom. The molecule has 0 aromatic heterocycles. The van der Waals surface area contributed by atoms with Crippen LogP contribution < -0.4 is 0 Å². The van der Waals surface area contributed by atoms with Crippen LogP contribution in [0.5, 0.6) is 0 Å².